The number of amides is 1. The number of ether oxygens (including phenoxy) is 1. The second kappa shape index (κ2) is 10.9. The highest BCUT2D eigenvalue weighted by Crippen LogP contribution is 2.18. The van der Waals surface area contributed by atoms with Crippen molar-refractivity contribution >= 4 is 29.6 Å². The van der Waals surface area contributed by atoms with Crippen LogP contribution in [0.15, 0.2) is 82.8 Å². The van der Waals surface area contributed by atoms with E-state index in [9.17, 15) is 14.9 Å². The number of thioether (sulfide) groups is 1. The van der Waals surface area contributed by atoms with Crippen LogP contribution < -0.4 is 10.2 Å². The number of hydrogen-bond donors (Lipinski definition) is 1. The summed E-state index contributed by atoms with van der Waals surface area (Å²) in [5, 5.41) is 14.7. The number of nitro groups is 1. The molecule has 0 unspecified atom stereocenters. The quantitative estimate of drug-likeness (QED) is 0.227. The molecule has 0 heterocycles. The molecule has 0 fully saturated rings. The van der Waals surface area contributed by atoms with Crippen molar-refractivity contribution in [3.63, 3.8) is 0 Å². The van der Waals surface area contributed by atoms with Crippen LogP contribution in [-0.2, 0) is 11.4 Å². The fourth-order valence-electron chi connectivity index (χ4n) is 2.53. The van der Waals surface area contributed by atoms with Gasteiger partial charge in [-0.15, -0.1) is 11.8 Å². The van der Waals surface area contributed by atoms with Crippen molar-refractivity contribution < 1.29 is 14.5 Å². The smallest absolute Gasteiger partial charge is 0.269 e. The van der Waals surface area contributed by atoms with Gasteiger partial charge in [-0.1, -0.05) is 17.7 Å². The van der Waals surface area contributed by atoms with E-state index in [0.29, 0.717) is 12.4 Å². The van der Waals surface area contributed by atoms with Gasteiger partial charge in [-0.3, -0.25) is 14.9 Å². The lowest BCUT2D eigenvalue weighted by molar-refractivity contribution is -0.384. The number of nitrogens with one attached hydrogen (secondary N) is 1. The molecule has 7 nitrogen and oxygen atoms in total. The predicted molar refractivity (Wildman–Crippen MR) is 122 cm³/mol. The molecule has 1 amide bonds. The van der Waals surface area contributed by atoms with Gasteiger partial charge in [-0.25, -0.2) is 5.43 Å². The number of non-ortho nitro benzene ring substituents is 1. The van der Waals surface area contributed by atoms with Gasteiger partial charge in [0.2, 0.25) is 5.91 Å². The summed E-state index contributed by atoms with van der Waals surface area (Å²) in [6.45, 7) is 2.33. The average Bonchev–Trinajstić information content (AvgIpc) is 2.78. The van der Waals surface area contributed by atoms with E-state index in [1.165, 1.54) is 29.5 Å². The number of benzene rings is 3. The summed E-state index contributed by atoms with van der Waals surface area (Å²) in [4.78, 5) is 23.2. The lowest BCUT2D eigenvalue weighted by atomic mass is 10.2. The standard InChI is InChI=1S/C23H21N3O4S/c1-17-2-12-22(13-3-17)31-16-23(27)25-24-14-18-6-10-21(11-7-18)30-15-19-4-8-20(9-5-19)26(28)29/h2-14H,15-16H2,1H3,(H,25,27)/b24-14-. The Morgan fingerprint density at radius 3 is 2.39 bits per heavy atom. The lowest BCUT2D eigenvalue weighted by Crippen LogP contribution is -2.19. The number of rotatable bonds is 9. The molecule has 158 valence electrons. The molecule has 0 aliphatic heterocycles. The van der Waals surface area contributed by atoms with Gasteiger partial charge in [0.25, 0.3) is 5.69 Å². The molecule has 0 aliphatic carbocycles. The van der Waals surface area contributed by atoms with Crippen LogP contribution in [0.4, 0.5) is 5.69 Å². The molecule has 3 aromatic carbocycles. The lowest BCUT2D eigenvalue weighted by Gasteiger charge is -2.06. The maximum Gasteiger partial charge on any atom is 0.269 e. The summed E-state index contributed by atoms with van der Waals surface area (Å²) in [7, 11) is 0. The Bertz CT molecular complexity index is 1050. The normalized spacial score (nSPS) is 10.7. The largest absolute Gasteiger partial charge is 0.489 e. The summed E-state index contributed by atoms with van der Waals surface area (Å²) in [6.07, 6.45) is 1.56. The molecule has 31 heavy (non-hydrogen) atoms. The van der Waals surface area contributed by atoms with Gasteiger partial charge in [0.1, 0.15) is 12.4 Å². The van der Waals surface area contributed by atoms with Crippen LogP contribution in [0, 0.1) is 17.0 Å². The topological polar surface area (TPSA) is 93.8 Å². The zero-order valence-electron chi connectivity index (χ0n) is 16.9. The van der Waals surface area contributed by atoms with Crippen LogP contribution in [0.1, 0.15) is 16.7 Å². The molecule has 3 rings (SSSR count). The summed E-state index contributed by atoms with van der Waals surface area (Å²) in [5.41, 5.74) is 5.40. The van der Waals surface area contributed by atoms with Crippen molar-refractivity contribution in [3.8, 4) is 5.75 Å². The van der Waals surface area contributed by atoms with Gasteiger partial charge in [-0.2, -0.15) is 5.10 Å². The van der Waals surface area contributed by atoms with Crippen molar-refractivity contribution in [2.75, 3.05) is 5.75 Å². The van der Waals surface area contributed by atoms with Crippen LogP contribution in [-0.4, -0.2) is 22.8 Å². The zero-order valence-corrected chi connectivity index (χ0v) is 17.7. The molecule has 0 spiro atoms. The molecule has 0 bridgehead atoms. The Kier molecular flexibility index (Phi) is 7.78. The molecule has 0 saturated carbocycles. The molecule has 0 aliphatic rings. The van der Waals surface area contributed by atoms with Crippen LogP contribution in [0.3, 0.4) is 0 Å². The highest BCUT2D eigenvalue weighted by Gasteiger charge is 2.04. The number of hydrazone groups is 1. The molecule has 1 N–H and O–H groups in total. The summed E-state index contributed by atoms with van der Waals surface area (Å²) < 4.78 is 5.68. The Balaban J connectivity index is 1.41. The molecule has 0 radical (unpaired) electrons. The average molecular weight is 436 g/mol. The van der Waals surface area contributed by atoms with Crippen LogP contribution in [0.5, 0.6) is 5.75 Å². The van der Waals surface area contributed by atoms with Crippen molar-refractivity contribution in [1.82, 2.24) is 5.43 Å². The maximum atomic E-state index is 11.9. The first-order valence-corrected chi connectivity index (χ1v) is 10.5. The van der Waals surface area contributed by atoms with E-state index in [0.717, 1.165) is 16.0 Å². The molecule has 3 aromatic rings. The molecular weight excluding hydrogens is 414 g/mol. The number of nitro benzene ring substituents is 1. The monoisotopic (exact) mass is 435 g/mol. The molecule has 0 saturated heterocycles. The fraction of sp³-hybridized carbons (Fsp3) is 0.130. The van der Waals surface area contributed by atoms with Gasteiger partial charge in [0.15, 0.2) is 0 Å². The zero-order chi connectivity index (χ0) is 22.1. The maximum absolute atomic E-state index is 11.9. The molecule has 0 atom stereocenters. The first-order chi connectivity index (χ1) is 15.0. The van der Waals surface area contributed by atoms with E-state index in [1.807, 2.05) is 43.3 Å². The summed E-state index contributed by atoms with van der Waals surface area (Å²) in [5.74, 6) is 0.773. The van der Waals surface area contributed by atoms with E-state index in [1.54, 1.807) is 30.5 Å². The SMILES string of the molecule is Cc1ccc(SCC(=O)N/N=C\c2ccc(OCc3ccc([N+](=O)[O-])cc3)cc2)cc1. The van der Waals surface area contributed by atoms with E-state index in [-0.39, 0.29) is 17.3 Å². The fourth-order valence-corrected chi connectivity index (χ4v) is 3.22. The minimum atomic E-state index is -0.434. The second-order valence-electron chi connectivity index (χ2n) is 6.68. The van der Waals surface area contributed by atoms with Gasteiger partial charge in [0, 0.05) is 17.0 Å². The van der Waals surface area contributed by atoms with Gasteiger partial charge in [-0.05, 0) is 66.6 Å². The molecule has 8 heteroatoms. The van der Waals surface area contributed by atoms with Crippen molar-refractivity contribution in [2.24, 2.45) is 5.10 Å². The minimum absolute atomic E-state index is 0.0493. The molecule has 0 aromatic heterocycles. The Labute approximate surface area is 184 Å². The number of aryl methyl sites for hydroxylation is 1. The summed E-state index contributed by atoms with van der Waals surface area (Å²) >= 11 is 1.46. The minimum Gasteiger partial charge on any atom is -0.489 e. The van der Waals surface area contributed by atoms with Gasteiger partial charge >= 0.3 is 0 Å². The van der Waals surface area contributed by atoms with E-state index < -0.39 is 4.92 Å². The Morgan fingerprint density at radius 2 is 1.74 bits per heavy atom. The number of carbonyl (C=O) groups excluding carboxylic acids is 1. The number of hydrogen-bond acceptors (Lipinski definition) is 6. The third-order valence-corrected chi connectivity index (χ3v) is 5.24. The second-order valence-corrected chi connectivity index (χ2v) is 7.72. The predicted octanol–water partition coefficient (Wildman–Crippen LogP) is 4.72. The van der Waals surface area contributed by atoms with Gasteiger partial charge in [0.05, 0.1) is 16.9 Å². The number of carbonyl (C=O) groups is 1. The van der Waals surface area contributed by atoms with Gasteiger partial charge < -0.3 is 4.74 Å². The molecular formula is C23H21N3O4S. The van der Waals surface area contributed by atoms with Crippen molar-refractivity contribution in [3.05, 3.63) is 99.6 Å². The van der Waals surface area contributed by atoms with E-state index >= 15 is 0 Å². The first-order valence-electron chi connectivity index (χ1n) is 9.47. The van der Waals surface area contributed by atoms with Crippen LogP contribution in [0.2, 0.25) is 0 Å². The number of nitrogens with zero attached hydrogens (tertiary/aromatic N) is 2. The van der Waals surface area contributed by atoms with Crippen molar-refractivity contribution in [2.45, 2.75) is 18.4 Å². The van der Waals surface area contributed by atoms with Crippen LogP contribution in [0.25, 0.3) is 0 Å². The third-order valence-electron chi connectivity index (χ3n) is 4.23. The van der Waals surface area contributed by atoms with Crippen molar-refractivity contribution in [1.29, 1.82) is 0 Å². The van der Waals surface area contributed by atoms with E-state index in [2.05, 4.69) is 10.5 Å². The van der Waals surface area contributed by atoms with Crippen LogP contribution >= 0.6 is 11.8 Å². The highest BCUT2D eigenvalue weighted by atomic mass is 32.2. The third kappa shape index (κ3) is 7.27. The first kappa shape index (κ1) is 22.0. The highest BCUT2D eigenvalue weighted by molar-refractivity contribution is 8.00. The van der Waals surface area contributed by atoms with E-state index in [4.69, 9.17) is 4.74 Å². The Hall–Kier alpha value is -3.65. The Morgan fingerprint density at radius 1 is 1.06 bits per heavy atom. The summed E-state index contributed by atoms with van der Waals surface area (Å²) in [6, 6.07) is 21.5.